The van der Waals surface area contributed by atoms with Gasteiger partial charge in [-0.1, -0.05) is 0 Å². The first-order valence-electron chi connectivity index (χ1n) is 28.1. The van der Waals surface area contributed by atoms with Crippen molar-refractivity contribution in [3.05, 3.63) is 172 Å². The van der Waals surface area contributed by atoms with Crippen LogP contribution in [0.2, 0.25) is 0 Å². The zero-order chi connectivity index (χ0) is 60.1. The normalized spacial score (nSPS) is 14.9. The van der Waals surface area contributed by atoms with Gasteiger partial charge in [0.2, 0.25) is 0 Å². The molecule has 11 aromatic rings. The van der Waals surface area contributed by atoms with E-state index in [4.69, 9.17) is 10.8 Å². The number of H-pyrrole nitrogens is 1. The minimum atomic E-state index is -1.22. The number of amides is 2. The van der Waals surface area contributed by atoms with Crippen LogP contribution in [-0.4, -0.2) is 102 Å². The van der Waals surface area contributed by atoms with Gasteiger partial charge in [-0.05, 0) is 121 Å². The number of carboxylic acid groups (broad SMARTS) is 1. The number of anilines is 3. The lowest BCUT2D eigenvalue weighted by molar-refractivity contribution is 0.0689. The van der Waals surface area contributed by atoms with E-state index >= 15 is 0 Å². The van der Waals surface area contributed by atoms with Crippen LogP contribution in [0.4, 0.5) is 25.8 Å². The van der Waals surface area contributed by atoms with E-state index < -0.39 is 23.5 Å². The molecule has 0 aliphatic heterocycles. The number of hydrogen-bond acceptors (Lipinski definition) is 18. The lowest BCUT2D eigenvalue weighted by Gasteiger charge is -2.08. The van der Waals surface area contributed by atoms with E-state index in [1.165, 1.54) is 86.4 Å². The molecule has 0 unspecified atom stereocenters. The van der Waals surface area contributed by atoms with Crippen molar-refractivity contribution in [3.63, 3.8) is 0 Å². The highest BCUT2D eigenvalue weighted by atomic mass is 32.1. The Labute approximate surface area is 507 Å². The van der Waals surface area contributed by atoms with Crippen molar-refractivity contribution in [2.24, 2.45) is 0 Å². The van der Waals surface area contributed by atoms with Crippen molar-refractivity contribution >= 4 is 68.9 Å². The minimum Gasteiger partial charge on any atom is -0.477 e. The number of aromatic amines is 1. The predicted octanol–water partition coefficient (Wildman–Crippen LogP) is 11.9. The second-order valence-electron chi connectivity index (χ2n) is 21.4. The number of carboxylic acids is 1. The Hall–Kier alpha value is -9.54. The number of carbonyl (C=O) groups is 3. The first-order valence-corrected chi connectivity index (χ1v) is 30.7. The highest BCUT2D eigenvalue weighted by Gasteiger charge is 2.31. The summed E-state index contributed by atoms with van der Waals surface area (Å²) < 4.78 is 33.7. The van der Waals surface area contributed by atoms with Crippen LogP contribution in [0.3, 0.4) is 0 Å². The number of nitrogens with zero attached hydrogens (tertiary/aromatic N) is 15. The van der Waals surface area contributed by atoms with Crippen LogP contribution in [0.25, 0.3) is 37.8 Å². The summed E-state index contributed by atoms with van der Waals surface area (Å²) in [6, 6.07) is 15.3. The van der Waals surface area contributed by atoms with Crippen LogP contribution in [0.15, 0.2) is 121 Å². The number of rotatable bonds is 14. The monoisotopic (exact) mass is 1230 g/mol. The Kier molecular flexibility index (Phi) is 17.0. The Morgan fingerprint density at radius 3 is 1.46 bits per heavy atom. The average molecular weight is 1230 g/mol. The third-order valence-electron chi connectivity index (χ3n) is 14.5. The number of carbonyl (C=O) groups excluding carboxylic acids is 2. The van der Waals surface area contributed by atoms with E-state index in [1.807, 2.05) is 57.6 Å². The summed E-state index contributed by atoms with van der Waals surface area (Å²) in [4.78, 5) is 61.5. The molecule has 0 spiro atoms. The molecule has 6 N–H and O–H groups in total. The lowest BCUT2D eigenvalue weighted by Crippen LogP contribution is -2.13. The van der Waals surface area contributed by atoms with Crippen LogP contribution < -0.4 is 16.4 Å². The number of aromatic nitrogens is 16. The summed E-state index contributed by atoms with van der Waals surface area (Å²) in [6.07, 6.45) is 25.2. The van der Waals surface area contributed by atoms with E-state index in [1.54, 1.807) is 53.9 Å². The molecule has 5 fully saturated rings. The molecule has 5 aliphatic rings. The molecule has 28 heteroatoms. The average Bonchev–Trinajstić information content (AvgIpc) is 2.79. The summed E-state index contributed by atoms with van der Waals surface area (Å²) >= 11 is 4.64. The number of hydrogen-bond donors (Lipinski definition) is 5. The topological polar surface area (TPSA) is 299 Å². The van der Waals surface area contributed by atoms with Crippen molar-refractivity contribution in [3.8, 4) is 37.8 Å². The fraction of sp³-hybridized carbons (Fsp3) is 0.288. The Bertz CT molecular complexity index is 4210. The Morgan fingerprint density at radius 2 is 1.02 bits per heavy atom. The van der Waals surface area contributed by atoms with Gasteiger partial charge >= 0.3 is 5.97 Å². The third-order valence-corrected chi connectivity index (χ3v) is 17.3. The second-order valence-corrected chi connectivity index (χ2v) is 24.1. The van der Waals surface area contributed by atoms with Crippen molar-refractivity contribution in [2.75, 3.05) is 16.4 Å². The number of nitrogen functional groups attached to an aromatic ring is 1. The molecule has 0 saturated heterocycles. The van der Waals surface area contributed by atoms with Gasteiger partial charge in [0.05, 0.1) is 55.7 Å². The van der Waals surface area contributed by atoms with Crippen molar-refractivity contribution in [1.82, 2.24) is 78.8 Å². The lowest BCUT2D eigenvalue weighted by atomic mass is 10.2. The van der Waals surface area contributed by atoms with E-state index in [2.05, 4.69) is 98.7 Å². The molecule has 87 heavy (non-hydrogen) atoms. The van der Waals surface area contributed by atoms with Gasteiger partial charge in [0, 0.05) is 93.9 Å². The largest absolute Gasteiger partial charge is 0.477 e. The predicted molar refractivity (Wildman–Crippen MR) is 324 cm³/mol. The Balaban J connectivity index is 0.000000115. The SMILES string of the molecule is Cc1[nH]cnc1C1CC1.Cc1c(C2CC2)ncn1-c1ccnc(C(=O)Nc2csc(-c3nncn3C3CC3)c2)c1.Nc1csc(-c2nncn2C2CC2)c1.O=C(Nc1csc(-c2nncn2C2CC2)c1)c1cc(F)ccn1.O=C(O)c1cc(F)ccn1. The molecular weight excluding hydrogens is 1170 g/mol. The highest BCUT2D eigenvalue weighted by Crippen LogP contribution is 2.43. The molecule has 0 bridgehead atoms. The smallest absolute Gasteiger partial charge is 0.354 e. The van der Waals surface area contributed by atoms with Gasteiger partial charge in [-0.25, -0.2) is 28.5 Å². The summed E-state index contributed by atoms with van der Waals surface area (Å²) in [7, 11) is 0. The Morgan fingerprint density at radius 1 is 0.563 bits per heavy atom. The highest BCUT2D eigenvalue weighted by molar-refractivity contribution is 7.14. The number of aryl methyl sites for hydroxylation is 1. The van der Waals surface area contributed by atoms with Gasteiger partial charge in [0.25, 0.3) is 11.8 Å². The molecule has 0 atom stereocenters. The first-order chi connectivity index (χ1) is 42.3. The summed E-state index contributed by atoms with van der Waals surface area (Å²) in [5, 5.41) is 44.1. The van der Waals surface area contributed by atoms with Gasteiger partial charge in [0.1, 0.15) is 42.0 Å². The van der Waals surface area contributed by atoms with E-state index in [0.29, 0.717) is 35.4 Å². The minimum absolute atomic E-state index is 0.0406. The zero-order valence-electron chi connectivity index (χ0n) is 46.9. The fourth-order valence-electron chi connectivity index (χ4n) is 9.34. The molecule has 0 radical (unpaired) electrons. The van der Waals surface area contributed by atoms with Gasteiger partial charge in [-0.15, -0.1) is 64.6 Å². The molecule has 23 nitrogen and oxygen atoms in total. The van der Waals surface area contributed by atoms with E-state index in [0.717, 1.165) is 104 Å². The van der Waals surface area contributed by atoms with Crippen LogP contribution in [0.1, 0.15) is 148 Å². The maximum absolute atomic E-state index is 13.1. The molecule has 11 aromatic heterocycles. The third kappa shape index (κ3) is 14.4. The van der Waals surface area contributed by atoms with Gasteiger partial charge < -0.3 is 44.7 Å². The number of imidazole rings is 2. The van der Waals surface area contributed by atoms with E-state index in [9.17, 15) is 23.2 Å². The molecule has 444 valence electrons. The number of halogens is 2. The molecule has 16 rings (SSSR count). The number of thiophene rings is 3. The standard InChI is InChI=1S/C22H21N7OS.C15H12FN5OS.C9H10N4S.C7H10N2.C6H4FNO2/c1-13-20(14-2-3-14)24-11-28(13)17-6-7-23-18(9-17)22(30)26-15-8-19(31-10-15)21-27-25-12-29(21)16-4-5-16;16-9-3-4-17-12(5-9)15(22)19-10-6-13(23-7-10)14-20-18-8-21(14)11-1-2-11;10-6-3-8(14-4-6)9-12-11-5-13(9)7-1-2-7;1-5-7(6-2-3-6)9-4-8-5;7-4-1-2-8-5(3-4)6(9)10/h6-12,14,16H,2-5H2,1H3,(H,26,30);3-8,11H,1-2H2,(H,19,22);3-5,7H,1-2,10H2;4,6H,2-3H2,1H3,(H,8,9);1-3H,(H,9,10). The van der Waals surface area contributed by atoms with Crippen molar-refractivity contribution in [1.29, 1.82) is 0 Å². The molecular formula is C59H57F2N19O4S3. The quantitative estimate of drug-likeness (QED) is 0.0676. The van der Waals surface area contributed by atoms with Gasteiger partial charge in [-0.2, -0.15) is 0 Å². The van der Waals surface area contributed by atoms with Crippen molar-refractivity contribution < 1.29 is 28.3 Å². The van der Waals surface area contributed by atoms with Crippen LogP contribution in [-0.2, 0) is 0 Å². The van der Waals surface area contributed by atoms with Crippen LogP contribution >= 0.6 is 34.0 Å². The van der Waals surface area contributed by atoms with E-state index in [-0.39, 0.29) is 17.3 Å². The first kappa shape index (κ1) is 57.9. The fourth-order valence-corrected chi connectivity index (χ4v) is 11.8. The maximum Gasteiger partial charge on any atom is 0.354 e. The summed E-state index contributed by atoms with van der Waals surface area (Å²) in [6.45, 7) is 4.16. The summed E-state index contributed by atoms with van der Waals surface area (Å²) in [5.74, 6) is 1.00. The van der Waals surface area contributed by atoms with Crippen LogP contribution in [0, 0.1) is 25.5 Å². The number of aromatic carboxylic acids is 1. The number of nitrogens with one attached hydrogen (secondary N) is 3. The summed E-state index contributed by atoms with van der Waals surface area (Å²) in [5.41, 5.74) is 13.7. The number of nitrogens with two attached hydrogens (primary N) is 1. The molecule has 5 saturated carbocycles. The second kappa shape index (κ2) is 25.6. The zero-order valence-corrected chi connectivity index (χ0v) is 49.4. The van der Waals surface area contributed by atoms with Gasteiger partial charge in [0.15, 0.2) is 23.2 Å². The molecule has 11 heterocycles. The van der Waals surface area contributed by atoms with Crippen molar-refractivity contribution in [2.45, 2.75) is 108 Å². The number of pyridine rings is 3. The van der Waals surface area contributed by atoms with Gasteiger partial charge in [-0.3, -0.25) is 19.6 Å². The maximum atomic E-state index is 13.1. The molecule has 5 aliphatic carbocycles. The molecule has 0 aromatic carbocycles. The molecule has 2 amide bonds. The van der Waals surface area contributed by atoms with Crippen LogP contribution in [0.5, 0.6) is 0 Å².